The molecule has 6 heteroatoms. The van der Waals surface area contributed by atoms with Gasteiger partial charge in [-0.25, -0.2) is 0 Å². The van der Waals surface area contributed by atoms with Crippen molar-refractivity contribution in [1.82, 2.24) is 5.32 Å². The third-order valence-electron chi connectivity index (χ3n) is 2.80. The Labute approximate surface area is 123 Å². The van der Waals surface area contributed by atoms with E-state index < -0.39 is 12.1 Å². The van der Waals surface area contributed by atoms with Gasteiger partial charge in [0.15, 0.2) is 6.10 Å². The maximum absolute atomic E-state index is 11.8. The van der Waals surface area contributed by atoms with E-state index in [2.05, 4.69) is 5.32 Å². The largest absolute Gasteiger partial charge is 0.481 e. The van der Waals surface area contributed by atoms with Crippen LogP contribution < -0.4 is 10.1 Å². The normalized spacial score (nSPS) is 11.2. The summed E-state index contributed by atoms with van der Waals surface area (Å²) in [7, 11) is 0. The van der Waals surface area contributed by atoms with Crippen LogP contribution in [0.25, 0.3) is 0 Å². The Balaban J connectivity index is 2.38. The fourth-order valence-electron chi connectivity index (χ4n) is 1.66. The van der Waals surface area contributed by atoms with Crippen molar-refractivity contribution in [3.63, 3.8) is 0 Å². The van der Waals surface area contributed by atoms with Crippen molar-refractivity contribution in [2.24, 2.45) is 0 Å². The SMILES string of the molecule is CC(Oc1ccccc1C#N)C(=O)NCCCCC(=O)O. The minimum absolute atomic E-state index is 0.0947. The number of hydrogen-bond donors (Lipinski definition) is 2. The molecule has 0 spiro atoms. The summed E-state index contributed by atoms with van der Waals surface area (Å²) >= 11 is 0. The maximum Gasteiger partial charge on any atom is 0.303 e. The molecule has 1 atom stereocenters. The van der Waals surface area contributed by atoms with Crippen LogP contribution in [0.15, 0.2) is 24.3 Å². The lowest BCUT2D eigenvalue weighted by Gasteiger charge is -2.15. The molecule has 0 aliphatic rings. The van der Waals surface area contributed by atoms with Gasteiger partial charge in [0.25, 0.3) is 5.91 Å². The number of rotatable bonds is 8. The number of carbonyl (C=O) groups is 2. The van der Waals surface area contributed by atoms with Gasteiger partial charge < -0.3 is 15.2 Å². The Morgan fingerprint density at radius 3 is 2.76 bits per heavy atom. The van der Waals surface area contributed by atoms with Crippen LogP contribution in [-0.4, -0.2) is 29.6 Å². The van der Waals surface area contributed by atoms with Crippen LogP contribution >= 0.6 is 0 Å². The third kappa shape index (κ3) is 5.95. The van der Waals surface area contributed by atoms with Gasteiger partial charge in [-0.1, -0.05) is 12.1 Å². The number of carboxylic acids is 1. The van der Waals surface area contributed by atoms with Crippen molar-refractivity contribution >= 4 is 11.9 Å². The average Bonchev–Trinajstić information content (AvgIpc) is 2.46. The van der Waals surface area contributed by atoms with Crippen molar-refractivity contribution in [2.45, 2.75) is 32.3 Å². The average molecular weight is 290 g/mol. The second-order valence-electron chi connectivity index (χ2n) is 4.51. The number of carbonyl (C=O) groups excluding carboxylic acids is 1. The van der Waals surface area contributed by atoms with E-state index >= 15 is 0 Å². The molecule has 0 heterocycles. The van der Waals surface area contributed by atoms with E-state index in [9.17, 15) is 9.59 Å². The van der Waals surface area contributed by atoms with Gasteiger partial charge in [-0.3, -0.25) is 9.59 Å². The van der Waals surface area contributed by atoms with Gasteiger partial charge >= 0.3 is 5.97 Å². The molecule has 0 saturated carbocycles. The lowest BCUT2D eigenvalue weighted by atomic mass is 10.2. The molecule has 0 aliphatic carbocycles. The van der Waals surface area contributed by atoms with Crippen molar-refractivity contribution in [3.05, 3.63) is 29.8 Å². The molecule has 0 bridgehead atoms. The minimum Gasteiger partial charge on any atom is -0.481 e. The molecule has 1 unspecified atom stereocenters. The number of unbranched alkanes of at least 4 members (excludes halogenated alkanes) is 1. The van der Waals surface area contributed by atoms with Gasteiger partial charge in [0.2, 0.25) is 0 Å². The first kappa shape index (κ1) is 16.5. The van der Waals surface area contributed by atoms with Crippen molar-refractivity contribution in [2.75, 3.05) is 6.54 Å². The zero-order chi connectivity index (χ0) is 15.7. The molecule has 0 radical (unpaired) electrons. The third-order valence-corrected chi connectivity index (χ3v) is 2.80. The lowest BCUT2D eigenvalue weighted by Crippen LogP contribution is -2.37. The van der Waals surface area contributed by atoms with E-state index in [1.807, 2.05) is 6.07 Å². The fraction of sp³-hybridized carbons (Fsp3) is 0.400. The summed E-state index contributed by atoms with van der Waals surface area (Å²) in [5.74, 6) is -0.766. The number of nitrogens with one attached hydrogen (secondary N) is 1. The van der Waals surface area contributed by atoms with Gasteiger partial charge in [0.05, 0.1) is 5.56 Å². The summed E-state index contributed by atoms with van der Waals surface area (Å²) in [6, 6.07) is 8.70. The van der Waals surface area contributed by atoms with Gasteiger partial charge in [0, 0.05) is 13.0 Å². The predicted molar refractivity (Wildman–Crippen MR) is 75.7 cm³/mol. The number of nitriles is 1. The zero-order valence-corrected chi connectivity index (χ0v) is 11.8. The quantitative estimate of drug-likeness (QED) is 0.710. The number of amides is 1. The summed E-state index contributed by atoms with van der Waals surface area (Å²) in [6.45, 7) is 2.00. The highest BCUT2D eigenvalue weighted by atomic mass is 16.5. The number of aliphatic carboxylic acids is 1. The van der Waals surface area contributed by atoms with Crippen molar-refractivity contribution in [3.8, 4) is 11.8 Å². The number of benzene rings is 1. The monoisotopic (exact) mass is 290 g/mol. The van der Waals surface area contributed by atoms with Crippen LogP contribution in [0, 0.1) is 11.3 Å². The summed E-state index contributed by atoms with van der Waals surface area (Å²) in [6.07, 6.45) is 0.484. The van der Waals surface area contributed by atoms with Crippen molar-refractivity contribution < 1.29 is 19.4 Å². The molecule has 0 aliphatic heterocycles. The Kier molecular flexibility index (Phi) is 6.75. The minimum atomic E-state index is -0.842. The molecule has 0 saturated heterocycles. The topological polar surface area (TPSA) is 99.4 Å². The summed E-state index contributed by atoms with van der Waals surface area (Å²) in [5, 5.41) is 20.1. The summed E-state index contributed by atoms with van der Waals surface area (Å²) in [4.78, 5) is 22.1. The number of nitrogens with zero attached hydrogens (tertiary/aromatic N) is 1. The Morgan fingerprint density at radius 1 is 1.38 bits per heavy atom. The van der Waals surface area contributed by atoms with Crippen LogP contribution in [-0.2, 0) is 9.59 Å². The van der Waals surface area contributed by atoms with E-state index in [4.69, 9.17) is 15.1 Å². The standard InChI is InChI=1S/C15H18N2O4/c1-11(15(20)17-9-5-4-8-14(18)19)21-13-7-3-2-6-12(13)10-16/h2-3,6-7,11H,4-5,8-9H2,1H3,(H,17,20)(H,18,19). The molecule has 112 valence electrons. The van der Waals surface area contributed by atoms with Crippen LogP contribution in [0.2, 0.25) is 0 Å². The highest BCUT2D eigenvalue weighted by molar-refractivity contribution is 5.80. The molecule has 1 aromatic rings. The molecule has 21 heavy (non-hydrogen) atoms. The molecule has 0 aromatic heterocycles. The number of hydrogen-bond acceptors (Lipinski definition) is 4. The second-order valence-corrected chi connectivity index (χ2v) is 4.51. The van der Waals surface area contributed by atoms with Crippen LogP contribution in [0.5, 0.6) is 5.75 Å². The zero-order valence-electron chi connectivity index (χ0n) is 11.8. The second kappa shape index (κ2) is 8.59. The van der Waals surface area contributed by atoms with Gasteiger partial charge in [-0.15, -0.1) is 0 Å². The molecule has 6 nitrogen and oxygen atoms in total. The van der Waals surface area contributed by atoms with E-state index in [0.717, 1.165) is 0 Å². The van der Waals surface area contributed by atoms with Crippen LogP contribution in [0.1, 0.15) is 31.7 Å². The smallest absolute Gasteiger partial charge is 0.303 e. The Hall–Kier alpha value is -2.55. The molecule has 1 aromatic carbocycles. The Morgan fingerprint density at radius 2 is 2.10 bits per heavy atom. The molecule has 2 N–H and O–H groups in total. The van der Waals surface area contributed by atoms with E-state index in [-0.39, 0.29) is 12.3 Å². The van der Waals surface area contributed by atoms with Crippen LogP contribution in [0.4, 0.5) is 0 Å². The molecule has 0 fully saturated rings. The number of para-hydroxylation sites is 1. The highest BCUT2D eigenvalue weighted by Gasteiger charge is 2.15. The summed E-state index contributed by atoms with van der Waals surface area (Å²) < 4.78 is 5.46. The molecular weight excluding hydrogens is 272 g/mol. The lowest BCUT2D eigenvalue weighted by molar-refractivity contribution is -0.137. The summed E-state index contributed by atoms with van der Waals surface area (Å²) in [5.41, 5.74) is 0.374. The maximum atomic E-state index is 11.8. The van der Waals surface area contributed by atoms with Gasteiger partial charge in [-0.2, -0.15) is 5.26 Å². The van der Waals surface area contributed by atoms with Gasteiger partial charge in [-0.05, 0) is 31.9 Å². The molecule has 1 amide bonds. The van der Waals surface area contributed by atoms with E-state index in [0.29, 0.717) is 30.7 Å². The van der Waals surface area contributed by atoms with E-state index in [1.165, 1.54) is 0 Å². The fourth-order valence-corrected chi connectivity index (χ4v) is 1.66. The molecular formula is C15H18N2O4. The van der Waals surface area contributed by atoms with Crippen LogP contribution in [0.3, 0.4) is 0 Å². The van der Waals surface area contributed by atoms with E-state index in [1.54, 1.807) is 31.2 Å². The Bertz CT molecular complexity index is 537. The first-order valence-electron chi connectivity index (χ1n) is 6.70. The first-order chi connectivity index (χ1) is 10.0. The highest BCUT2D eigenvalue weighted by Crippen LogP contribution is 2.18. The first-order valence-corrected chi connectivity index (χ1v) is 6.70. The predicted octanol–water partition coefficient (Wildman–Crippen LogP) is 1.70. The van der Waals surface area contributed by atoms with Crippen molar-refractivity contribution in [1.29, 1.82) is 5.26 Å². The number of ether oxygens (including phenoxy) is 1. The number of carboxylic acid groups (broad SMARTS) is 1. The van der Waals surface area contributed by atoms with Gasteiger partial charge in [0.1, 0.15) is 11.8 Å². The molecule has 1 rings (SSSR count).